The van der Waals surface area contributed by atoms with E-state index in [0.717, 1.165) is 0 Å². The van der Waals surface area contributed by atoms with E-state index in [1.807, 2.05) is 0 Å². The zero-order valence-electron chi connectivity index (χ0n) is 9.65. The smallest absolute Gasteiger partial charge is 0.306 e. The van der Waals surface area contributed by atoms with Crippen molar-refractivity contribution in [1.29, 1.82) is 0 Å². The largest absolute Gasteiger partial charge is 0.469 e. The fourth-order valence-electron chi connectivity index (χ4n) is 1.36. The molecule has 94 valence electrons. The Balaban J connectivity index is 2.30. The van der Waals surface area contributed by atoms with Gasteiger partial charge in [0.15, 0.2) is 0 Å². The number of benzene rings is 1. The number of ether oxygens (including phenoxy) is 1. The van der Waals surface area contributed by atoms with E-state index < -0.39 is 6.10 Å². The van der Waals surface area contributed by atoms with E-state index >= 15 is 0 Å². The minimum absolute atomic E-state index is 0.242. The monoisotopic (exact) mass is 241 g/mol. The average Bonchev–Trinajstić information content (AvgIpc) is 2.34. The van der Waals surface area contributed by atoms with Crippen molar-refractivity contribution in [2.75, 3.05) is 20.2 Å². The summed E-state index contributed by atoms with van der Waals surface area (Å²) in [5.41, 5.74) is 0.510. The van der Waals surface area contributed by atoms with Crippen molar-refractivity contribution >= 4 is 5.97 Å². The molecule has 0 bridgehead atoms. The second-order valence-corrected chi connectivity index (χ2v) is 3.60. The van der Waals surface area contributed by atoms with Gasteiger partial charge < -0.3 is 15.2 Å². The van der Waals surface area contributed by atoms with Crippen molar-refractivity contribution in [3.8, 4) is 0 Å². The van der Waals surface area contributed by atoms with Crippen LogP contribution in [0.1, 0.15) is 18.1 Å². The van der Waals surface area contributed by atoms with Gasteiger partial charge in [-0.1, -0.05) is 12.1 Å². The number of carbonyl (C=O) groups is 1. The molecule has 0 aliphatic carbocycles. The summed E-state index contributed by atoms with van der Waals surface area (Å²) in [4.78, 5) is 10.8. The lowest BCUT2D eigenvalue weighted by Gasteiger charge is -2.11. The summed E-state index contributed by atoms with van der Waals surface area (Å²) >= 11 is 0. The molecule has 5 heteroatoms. The molecule has 1 aromatic carbocycles. The molecule has 0 heterocycles. The molecule has 0 saturated heterocycles. The van der Waals surface area contributed by atoms with Gasteiger partial charge in [-0.2, -0.15) is 0 Å². The minimum atomic E-state index is -0.789. The van der Waals surface area contributed by atoms with Gasteiger partial charge in [-0.25, -0.2) is 4.39 Å². The molecule has 1 unspecified atom stereocenters. The molecule has 0 aliphatic heterocycles. The maximum absolute atomic E-state index is 12.9. The molecule has 17 heavy (non-hydrogen) atoms. The third-order valence-electron chi connectivity index (χ3n) is 2.30. The molecular formula is C12H16FNO3. The van der Waals surface area contributed by atoms with Crippen LogP contribution in [-0.2, 0) is 9.53 Å². The molecule has 1 aromatic rings. The summed E-state index contributed by atoms with van der Waals surface area (Å²) in [6, 6.07) is 5.80. The zero-order chi connectivity index (χ0) is 12.7. The molecule has 0 fully saturated rings. The number of esters is 1. The third-order valence-corrected chi connectivity index (χ3v) is 2.30. The van der Waals surface area contributed by atoms with Crippen molar-refractivity contribution in [2.24, 2.45) is 0 Å². The van der Waals surface area contributed by atoms with Gasteiger partial charge in [-0.05, 0) is 17.7 Å². The van der Waals surface area contributed by atoms with Gasteiger partial charge in [-0.3, -0.25) is 4.79 Å². The molecular weight excluding hydrogens is 225 g/mol. The van der Waals surface area contributed by atoms with E-state index in [1.165, 1.54) is 19.2 Å². The SMILES string of the molecule is COC(=O)CCNCC(O)c1cccc(F)c1. The van der Waals surface area contributed by atoms with E-state index in [2.05, 4.69) is 10.1 Å². The van der Waals surface area contributed by atoms with Crippen LogP contribution in [0.4, 0.5) is 4.39 Å². The quantitative estimate of drug-likeness (QED) is 0.576. The molecule has 1 atom stereocenters. The molecule has 0 aliphatic rings. The Bertz CT molecular complexity index is 371. The van der Waals surface area contributed by atoms with Crippen LogP contribution < -0.4 is 5.32 Å². The topological polar surface area (TPSA) is 58.6 Å². The van der Waals surface area contributed by atoms with Gasteiger partial charge in [-0.15, -0.1) is 0 Å². The van der Waals surface area contributed by atoms with Crippen molar-refractivity contribution in [3.63, 3.8) is 0 Å². The highest BCUT2D eigenvalue weighted by Crippen LogP contribution is 2.12. The Kier molecular flexibility index (Phi) is 5.59. The van der Waals surface area contributed by atoms with Gasteiger partial charge >= 0.3 is 5.97 Å². The first kappa shape index (κ1) is 13.6. The minimum Gasteiger partial charge on any atom is -0.469 e. The highest BCUT2D eigenvalue weighted by Gasteiger charge is 2.08. The fourth-order valence-corrected chi connectivity index (χ4v) is 1.36. The fraction of sp³-hybridized carbons (Fsp3) is 0.417. The lowest BCUT2D eigenvalue weighted by Crippen LogP contribution is -2.24. The molecule has 0 radical (unpaired) electrons. The Morgan fingerprint density at radius 1 is 1.59 bits per heavy atom. The first-order valence-corrected chi connectivity index (χ1v) is 5.34. The molecule has 2 N–H and O–H groups in total. The number of hydrogen-bond donors (Lipinski definition) is 2. The normalized spacial score (nSPS) is 12.2. The van der Waals surface area contributed by atoms with Crippen LogP contribution in [0.15, 0.2) is 24.3 Å². The average molecular weight is 241 g/mol. The predicted octanol–water partition coefficient (Wildman–Crippen LogP) is 1.01. The Labute approximate surface area is 99.4 Å². The molecule has 0 spiro atoms. The number of aliphatic hydroxyl groups excluding tert-OH is 1. The van der Waals surface area contributed by atoms with Crippen molar-refractivity contribution in [1.82, 2.24) is 5.32 Å². The lowest BCUT2D eigenvalue weighted by molar-refractivity contribution is -0.140. The molecule has 0 aromatic heterocycles. The van der Waals surface area contributed by atoms with Gasteiger partial charge in [0.25, 0.3) is 0 Å². The van der Waals surface area contributed by atoms with Crippen molar-refractivity contribution in [2.45, 2.75) is 12.5 Å². The predicted molar refractivity (Wildman–Crippen MR) is 60.9 cm³/mol. The highest BCUT2D eigenvalue weighted by atomic mass is 19.1. The van der Waals surface area contributed by atoms with E-state index in [-0.39, 0.29) is 24.8 Å². The lowest BCUT2D eigenvalue weighted by atomic mass is 10.1. The number of nitrogens with one attached hydrogen (secondary N) is 1. The number of carbonyl (C=O) groups excluding carboxylic acids is 1. The van der Waals surface area contributed by atoms with Gasteiger partial charge in [0.1, 0.15) is 5.82 Å². The van der Waals surface area contributed by atoms with Gasteiger partial charge in [0, 0.05) is 13.1 Å². The molecule has 4 nitrogen and oxygen atoms in total. The molecule has 0 amide bonds. The van der Waals surface area contributed by atoms with Gasteiger partial charge in [0.2, 0.25) is 0 Å². The second kappa shape index (κ2) is 6.98. The maximum atomic E-state index is 12.9. The number of aliphatic hydroxyl groups is 1. The first-order valence-electron chi connectivity index (χ1n) is 5.34. The first-order chi connectivity index (χ1) is 8.13. The van der Waals surface area contributed by atoms with E-state index in [9.17, 15) is 14.3 Å². The van der Waals surface area contributed by atoms with Gasteiger partial charge in [0.05, 0.1) is 19.6 Å². The Morgan fingerprint density at radius 2 is 2.35 bits per heavy atom. The maximum Gasteiger partial charge on any atom is 0.306 e. The van der Waals surface area contributed by atoms with Crippen LogP contribution in [0.25, 0.3) is 0 Å². The van der Waals surface area contributed by atoms with Crippen LogP contribution in [0, 0.1) is 5.82 Å². The summed E-state index contributed by atoms with van der Waals surface area (Å²) < 4.78 is 17.3. The van der Waals surface area contributed by atoms with Crippen LogP contribution in [-0.4, -0.2) is 31.3 Å². The van der Waals surface area contributed by atoms with E-state index in [0.29, 0.717) is 12.1 Å². The number of methoxy groups -OCH3 is 1. The summed E-state index contributed by atoms with van der Waals surface area (Å²) in [5, 5.41) is 12.6. The number of halogens is 1. The Morgan fingerprint density at radius 3 is 3.00 bits per heavy atom. The molecule has 1 rings (SSSR count). The third kappa shape index (κ3) is 4.93. The summed E-state index contributed by atoms with van der Waals surface area (Å²) in [6.45, 7) is 0.680. The summed E-state index contributed by atoms with van der Waals surface area (Å²) in [7, 11) is 1.32. The standard InChI is InChI=1S/C12H16FNO3/c1-17-12(16)5-6-14-8-11(15)9-3-2-4-10(13)7-9/h2-4,7,11,14-15H,5-6,8H2,1H3. The molecule has 0 saturated carbocycles. The van der Waals surface area contributed by atoms with Crippen molar-refractivity contribution in [3.05, 3.63) is 35.6 Å². The summed E-state index contributed by atoms with van der Waals surface area (Å²) in [6.07, 6.45) is -0.546. The van der Waals surface area contributed by atoms with Crippen LogP contribution >= 0.6 is 0 Å². The number of hydrogen-bond acceptors (Lipinski definition) is 4. The number of rotatable bonds is 6. The van der Waals surface area contributed by atoms with Crippen molar-refractivity contribution < 1.29 is 19.0 Å². The van der Waals surface area contributed by atoms with Crippen LogP contribution in [0.5, 0.6) is 0 Å². The summed E-state index contributed by atoms with van der Waals surface area (Å²) in [5.74, 6) is -0.686. The van der Waals surface area contributed by atoms with Crippen LogP contribution in [0.3, 0.4) is 0 Å². The van der Waals surface area contributed by atoms with Crippen LogP contribution in [0.2, 0.25) is 0 Å². The Hall–Kier alpha value is -1.46. The zero-order valence-corrected chi connectivity index (χ0v) is 9.65. The van der Waals surface area contributed by atoms with E-state index in [1.54, 1.807) is 12.1 Å². The van der Waals surface area contributed by atoms with E-state index in [4.69, 9.17) is 0 Å². The highest BCUT2D eigenvalue weighted by molar-refractivity contribution is 5.69. The second-order valence-electron chi connectivity index (χ2n) is 3.60.